The Morgan fingerprint density at radius 1 is 1.37 bits per heavy atom. The van der Waals surface area contributed by atoms with E-state index in [4.69, 9.17) is 4.74 Å². The molecule has 0 unspecified atom stereocenters. The standard InChI is InChI=1S/C15H22BrNO2/c1-12(2)19-10-9-17(3)8-7-15(18)13-5-4-6-14(16)11-13/h4-6,11-12H,7-10H2,1-3H3. The summed E-state index contributed by atoms with van der Waals surface area (Å²) in [5.41, 5.74) is 0.765. The minimum Gasteiger partial charge on any atom is -0.377 e. The van der Waals surface area contributed by atoms with Crippen LogP contribution in [-0.2, 0) is 4.74 Å². The maximum absolute atomic E-state index is 12.0. The number of benzene rings is 1. The van der Waals surface area contributed by atoms with Crippen LogP contribution in [0.25, 0.3) is 0 Å². The van der Waals surface area contributed by atoms with Crippen LogP contribution in [0.2, 0.25) is 0 Å². The van der Waals surface area contributed by atoms with Crippen LogP contribution >= 0.6 is 15.9 Å². The summed E-state index contributed by atoms with van der Waals surface area (Å²) < 4.78 is 6.43. The minimum atomic E-state index is 0.179. The second kappa shape index (κ2) is 8.46. The van der Waals surface area contributed by atoms with E-state index >= 15 is 0 Å². The molecule has 0 heterocycles. The summed E-state index contributed by atoms with van der Waals surface area (Å²) in [7, 11) is 2.01. The third kappa shape index (κ3) is 6.85. The number of carbonyl (C=O) groups is 1. The van der Waals surface area contributed by atoms with Crippen molar-refractivity contribution in [1.29, 1.82) is 0 Å². The van der Waals surface area contributed by atoms with Crippen molar-refractivity contribution in [3.05, 3.63) is 34.3 Å². The van der Waals surface area contributed by atoms with Gasteiger partial charge in [0.25, 0.3) is 0 Å². The number of Topliss-reactive ketones (excluding diaryl/α,β-unsaturated/α-hetero) is 1. The molecule has 0 atom stereocenters. The Morgan fingerprint density at radius 3 is 2.74 bits per heavy atom. The van der Waals surface area contributed by atoms with E-state index in [0.29, 0.717) is 13.0 Å². The number of nitrogens with zero attached hydrogens (tertiary/aromatic N) is 1. The summed E-state index contributed by atoms with van der Waals surface area (Å²) in [5.74, 6) is 0.179. The highest BCUT2D eigenvalue weighted by molar-refractivity contribution is 9.10. The zero-order valence-electron chi connectivity index (χ0n) is 11.9. The lowest BCUT2D eigenvalue weighted by atomic mass is 10.1. The predicted molar refractivity (Wildman–Crippen MR) is 81.7 cm³/mol. The average Bonchev–Trinajstić information content (AvgIpc) is 2.35. The van der Waals surface area contributed by atoms with Crippen molar-refractivity contribution in [2.24, 2.45) is 0 Å². The summed E-state index contributed by atoms with van der Waals surface area (Å²) >= 11 is 3.38. The number of likely N-dealkylation sites (N-methyl/N-ethyl adjacent to an activating group) is 1. The first-order chi connectivity index (χ1) is 8.99. The third-order valence-electron chi connectivity index (χ3n) is 2.79. The van der Waals surface area contributed by atoms with Gasteiger partial charge in [-0.2, -0.15) is 0 Å². The molecule has 1 aromatic carbocycles. The molecule has 0 aromatic heterocycles. The van der Waals surface area contributed by atoms with E-state index in [1.807, 2.05) is 45.2 Å². The van der Waals surface area contributed by atoms with Crippen LogP contribution in [0.1, 0.15) is 30.6 Å². The van der Waals surface area contributed by atoms with Gasteiger partial charge in [0.1, 0.15) is 0 Å². The lowest BCUT2D eigenvalue weighted by Gasteiger charge is -2.17. The van der Waals surface area contributed by atoms with Gasteiger partial charge >= 0.3 is 0 Å². The normalized spacial score (nSPS) is 11.3. The molecule has 0 aliphatic heterocycles. The first kappa shape index (κ1) is 16.3. The highest BCUT2D eigenvalue weighted by Crippen LogP contribution is 2.13. The van der Waals surface area contributed by atoms with E-state index in [1.54, 1.807) is 0 Å². The number of carbonyl (C=O) groups excluding carboxylic acids is 1. The van der Waals surface area contributed by atoms with Gasteiger partial charge in [0.2, 0.25) is 0 Å². The van der Waals surface area contributed by atoms with E-state index in [0.717, 1.165) is 23.1 Å². The number of ether oxygens (including phenoxy) is 1. The van der Waals surface area contributed by atoms with Gasteiger partial charge in [-0.3, -0.25) is 4.79 Å². The Kier molecular flexibility index (Phi) is 7.28. The Bertz CT molecular complexity index is 407. The molecule has 3 nitrogen and oxygen atoms in total. The van der Waals surface area contributed by atoms with E-state index < -0.39 is 0 Å². The molecule has 106 valence electrons. The quantitative estimate of drug-likeness (QED) is 0.685. The van der Waals surface area contributed by atoms with Crippen LogP contribution in [0, 0.1) is 0 Å². The van der Waals surface area contributed by atoms with Crippen LogP contribution in [-0.4, -0.2) is 43.5 Å². The topological polar surface area (TPSA) is 29.5 Å². The third-order valence-corrected chi connectivity index (χ3v) is 3.28. The zero-order chi connectivity index (χ0) is 14.3. The molecule has 1 rings (SSSR count). The summed E-state index contributed by atoms with van der Waals surface area (Å²) in [6.45, 7) is 6.36. The van der Waals surface area contributed by atoms with Crippen molar-refractivity contribution >= 4 is 21.7 Å². The van der Waals surface area contributed by atoms with Crippen molar-refractivity contribution in [1.82, 2.24) is 4.90 Å². The molecule has 0 spiro atoms. The van der Waals surface area contributed by atoms with E-state index in [1.165, 1.54) is 0 Å². The fourth-order valence-electron chi connectivity index (χ4n) is 1.65. The number of rotatable bonds is 8. The average molecular weight is 328 g/mol. The van der Waals surface area contributed by atoms with Crippen LogP contribution in [0.5, 0.6) is 0 Å². The van der Waals surface area contributed by atoms with E-state index in [-0.39, 0.29) is 11.9 Å². The van der Waals surface area contributed by atoms with Crippen LogP contribution in [0.3, 0.4) is 0 Å². The molecule has 0 bridgehead atoms. The van der Waals surface area contributed by atoms with Gasteiger partial charge in [0, 0.05) is 29.5 Å². The maximum Gasteiger partial charge on any atom is 0.164 e. The minimum absolute atomic E-state index is 0.179. The van der Waals surface area contributed by atoms with Gasteiger partial charge in [-0.1, -0.05) is 28.1 Å². The summed E-state index contributed by atoms with van der Waals surface area (Å²) in [5, 5.41) is 0. The molecule has 1 aromatic rings. The Labute approximate surface area is 124 Å². The molecule has 0 radical (unpaired) electrons. The van der Waals surface area contributed by atoms with E-state index in [9.17, 15) is 4.79 Å². The molecule has 0 saturated heterocycles. The van der Waals surface area contributed by atoms with Crippen molar-refractivity contribution < 1.29 is 9.53 Å². The molecule has 0 amide bonds. The Balaban J connectivity index is 2.30. The SMILES string of the molecule is CC(C)OCCN(C)CCC(=O)c1cccc(Br)c1. The van der Waals surface area contributed by atoms with Crippen molar-refractivity contribution in [2.75, 3.05) is 26.7 Å². The smallest absolute Gasteiger partial charge is 0.164 e. The van der Waals surface area contributed by atoms with Crippen LogP contribution in [0.4, 0.5) is 0 Å². The molecule has 0 aliphatic carbocycles. The van der Waals surface area contributed by atoms with Crippen molar-refractivity contribution in [3.63, 3.8) is 0 Å². The lowest BCUT2D eigenvalue weighted by molar-refractivity contribution is 0.0629. The lowest BCUT2D eigenvalue weighted by Crippen LogP contribution is -2.26. The summed E-state index contributed by atoms with van der Waals surface area (Å²) in [6.07, 6.45) is 0.797. The van der Waals surface area contributed by atoms with Crippen LogP contribution in [0.15, 0.2) is 28.7 Å². The molecular weight excluding hydrogens is 306 g/mol. The first-order valence-corrected chi connectivity index (χ1v) is 7.37. The largest absolute Gasteiger partial charge is 0.377 e. The molecule has 0 N–H and O–H groups in total. The zero-order valence-corrected chi connectivity index (χ0v) is 13.4. The summed E-state index contributed by atoms with van der Waals surface area (Å²) in [6, 6.07) is 7.53. The van der Waals surface area contributed by atoms with Crippen LogP contribution < -0.4 is 0 Å². The Hall–Kier alpha value is -0.710. The number of halogens is 1. The number of hydrogen-bond donors (Lipinski definition) is 0. The van der Waals surface area contributed by atoms with Gasteiger partial charge in [0.15, 0.2) is 5.78 Å². The maximum atomic E-state index is 12.0. The van der Waals surface area contributed by atoms with Crippen molar-refractivity contribution in [3.8, 4) is 0 Å². The first-order valence-electron chi connectivity index (χ1n) is 6.58. The number of ketones is 1. The fraction of sp³-hybridized carbons (Fsp3) is 0.533. The molecule has 4 heteroatoms. The van der Waals surface area contributed by atoms with E-state index in [2.05, 4.69) is 20.8 Å². The second-order valence-electron chi connectivity index (χ2n) is 4.91. The van der Waals surface area contributed by atoms with Gasteiger partial charge in [0.05, 0.1) is 12.7 Å². The predicted octanol–water partition coefficient (Wildman–Crippen LogP) is 3.38. The molecule has 0 saturated carbocycles. The molecule has 0 fully saturated rings. The number of hydrogen-bond acceptors (Lipinski definition) is 3. The monoisotopic (exact) mass is 327 g/mol. The van der Waals surface area contributed by atoms with Gasteiger partial charge < -0.3 is 9.64 Å². The highest BCUT2D eigenvalue weighted by atomic mass is 79.9. The van der Waals surface area contributed by atoms with Gasteiger partial charge in [-0.25, -0.2) is 0 Å². The molecule has 0 aliphatic rings. The fourth-order valence-corrected chi connectivity index (χ4v) is 2.05. The highest BCUT2D eigenvalue weighted by Gasteiger charge is 2.08. The Morgan fingerprint density at radius 2 is 2.11 bits per heavy atom. The molecule has 19 heavy (non-hydrogen) atoms. The molecular formula is C15H22BrNO2. The van der Waals surface area contributed by atoms with Gasteiger partial charge in [-0.05, 0) is 33.0 Å². The summed E-state index contributed by atoms with van der Waals surface area (Å²) in [4.78, 5) is 14.1. The van der Waals surface area contributed by atoms with Gasteiger partial charge in [-0.15, -0.1) is 0 Å². The van der Waals surface area contributed by atoms with Crippen molar-refractivity contribution in [2.45, 2.75) is 26.4 Å². The second-order valence-corrected chi connectivity index (χ2v) is 5.82.